The average molecular weight is 367 g/mol. The van der Waals surface area contributed by atoms with Crippen LogP contribution in [0.2, 0.25) is 0 Å². The maximum atomic E-state index is 12.2. The molecule has 0 radical (unpaired) electrons. The van der Waals surface area contributed by atoms with Crippen molar-refractivity contribution in [3.8, 4) is 10.7 Å². The second-order valence-electron chi connectivity index (χ2n) is 6.40. The minimum atomic E-state index is -0.103. The number of hydrogen-bond donors (Lipinski definition) is 0. The molecule has 0 aliphatic carbocycles. The van der Waals surface area contributed by atoms with Crippen LogP contribution < -0.4 is 4.90 Å². The van der Waals surface area contributed by atoms with Crippen molar-refractivity contribution < 1.29 is 9.53 Å². The average Bonchev–Trinajstić information content (AvgIpc) is 3.22. The second-order valence-corrected chi connectivity index (χ2v) is 7.35. The van der Waals surface area contributed by atoms with Crippen LogP contribution in [0.4, 0.5) is 5.82 Å². The van der Waals surface area contributed by atoms with Crippen molar-refractivity contribution in [3.63, 3.8) is 0 Å². The minimum Gasteiger partial charge on any atom is -0.466 e. The fourth-order valence-corrected chi connectivity index (χ4v) is 4.10. The number of nitrogens with zero attached hydrogens (tertiary/aromatic N) is 3. The van der Waals surface area contributed by atoms with E-state index < -0.39 is 0 Å². The topological polar surface area (TPSA) is 55.3 Å². The molecular formula is C20H21N3O2S. The van der Waals surface area contributed by atoms with Gasteiger partial charge >= 0.3 is 5.97 Å². The number of anilines is 1. The Bertz CT molecular complexity index is 911. The molecule has 1 saturated heterocycles. The molecule has 134 valence electrons. The monoisotopic (exact) mass is 367 g/mol. The lowest BCUT2D eigenvalue weighted by atomic mass is 9.98. The third-order valence-electron chi connectivity index (χ3n) is 4.67. The molecule has 3 heterocycles. The van der Waals surface area contributed by atoms with E-state index in [1.165, 1.54) is 0 Å². The minimum absolute atomic E-state index is 0.0948. The van der Waals surface area contributed by atoms with Gasteiger partial charge in [-0.1, -0.05) is 18.2 Å². The van der Waals surface area contributed by atoms with E-state index in [1.807, 2.05) is 42.6 Å². The predicted molar refractivity (Wildman–Crippen MR) is 104 cm³/mol. The summed E-state index contributed by atoms with van der Waals surface area (Å²) < 4.78 is 5.24. The Hall–Kier alpha value is -2.47. The standard InChI is InChI=1S/C20H21N3O2S/c1-2-25-20(24)14-7-5-11-23(13-14)19-15-8-3-4-9-16(15)21-18(22-19)17-10-6-12-26-17/h3-4,6,8-10,12,14H,2,5,7,11,13H2,1H3. The van der Waals surface area contributed by atoms with Gasteiger partial charge in [0.25, 0.3) is 0 Å². The smallest absolute Gasteiger partial charge is 0.310 e. The number of aromatic nitrogens is 2. The Morgan fingerprint density at radius 3 is 2.96 bits per heavy atom. The molecule has 6 heteroatoms. The first-order valence-corrected chi connectivity index (χ1v) is 9.86. The summed E-state index contributed by atoms with van der Waals surface area (Å²) in [5, 5.41) is 3.06. The largest absolute Gasteiger partial charge is 0.466 e. The number of hydrogen-bond acceptors (Lipinski definition) is 6. The van der Waals surface area contributed by atoms with Crippen LogP contribution in [0, 0.1) is 5.92 Å². The number of rotatable bonds is 4. The fourth-order valence-electron chi connectivity index (χ4n) is 3.44. The number of ether oxygens (including phenoxy) is 1. The van der Waals surface area contributed by atoms with Crippen molar-refractivity contribution >= 4 is 34.0 Å². The maximum Gasteiger partial charge on any atom is 0.310 e. The summed E-state index contributed by atoms with van der Waals surface area (Å²) in [6, 6.07) is 12.1. The molecular weight excluding hydrogens is 346 g/mol. The Morgan fingerprint density at radius 1 is 1.27 bits per heavy atom. The molecule has 0 amide bonds. The molecule has 0 N–H and O–H groups in total. The van der Waals surface area contributed by atoms with E-state index in [9.17, 15) is 4.79 Å². The number of fused-ring (bicyclic) bond motifs is 1. The molecule has 1 unspecified atom stereocenters. The number of carbonyl (C=O) groups is 1. The van der Waals surface area contributed by atoms with Gasteiger partial charge in [-0.3, -0.25) is 4.79 Å². The van der Waals surface area contributed by atoms with E-state index >= 15 is 0 Å². The van der Waals surface area contributed by atoms with Gasteiger partial charge in [-0.05, 0) is 43.3 Å². The Labute approximate surface area is 156 Å². The van der Waals surface area contributed by atoms with Crippen LogP contribution in [-0.2, 0) is 9.53 Å². The van der Waals surface area contributed by atoms with Crippen LogP contribution in [0.3, 0.4) is 0 Å². The van der Waals surface area contributed by atoms with E-state index in [-0.39, 0.29) is 11.9 Å². The lowest BCUT2D eigenvalue weighted by Gasteiger charge is -2.33. The van der Waals surface area contributed by atoms with Gasteiger partial charge in [0.1, 0.15) is 5.82 Å². The summed E-state index contributed by atoms with van der Waals surface area (Å²) in [6.07, 6.45) is 1.83. The lowest BCUT2D eigenvalue weighted by molar-refractivity contribution is -0.148. The Kier molecular flexibility index (Phi) is 4.84. The fraction of sp³-hybridized carbons (Fsp3) is 0.350. The number of esters is 1. The van der Waals surface area contributed by atoms with Crippen LogP contribution in [0.15, 0.2) is 41.8 Å². The van der Waals surface area contributed by atoms with Gasteiger partial charge in [0, 0.05) is 18.5 Å². The zero-order valence-electron chi connectivity index (χ0n) is 14.7. The number of carbonyl (C=O) groups excluding carboxylic acids is 1. The molecule has 1 fully saturated rings. The number of benzene rings is 1. The number of para-hydroxylation sites is 1. The molecule has 1 atom stereocenters. The second kappa shape index (κ2) is 7.41. The normalized spacial score (nSPS) is 17.4. The third-order valence-corrected chi connectivity index (χ3v) is 5.53. The van der Waals surface area contributed by atoms with Crippen LogP contribution >= 0.6 is 11.3 Å². The van der Waals surface area contributed by atoms with Crippen molar-refractivity contribution in [1.82, 2.24) is 9.97 Å². The SMILES string of the molecule is CCOC(=O)C1CCCN(c2nc(-c3cccs3)nc3ccccc23)C1. The van der Waals surface area contributed by atoms with Crippen LogP contribution in [0.25, 0.3) is 21.6 Å². The first-order valence-electron chi connectivity index (χ1n) is 8.98. The summed E-state index contributed by atoms with van der Waals surface area (Å²) in [7, 11) is 0. The van der Waals surface area contributed by atoms with Crippen molar-refractivity contribution in [2.24, 2.45) is 5.92 Å². The van der Waals surface area contributed by atoms with Crippen LogP contribution in [0.1, 0.15) is 19.8 Å². The molecule has 4 rings (SSSR count). The molecule has 0 bridgehead atoms. The lowest BCUT2D eigenvalue weighted by Crippen LogP contribution is -2.40. The van der Waals surface area contributed by atoms with Gasteiger partial charge in [-0.15, -0.1) is 11.3 Å². The number of thiophene rings is 1. The van der Waals surface area contributed by atoms with E-state index in [0.717, 1.165) is 46.8 Å². The molecule has 3 aromatic rings. The highest BCUT2D eigenvalue weighted by molar-refractivity contribution is 7.13. The van der Waals surface area contributed by atoms with Gasteiger partial charge in [0.15, 0.2) is 5.82 Å². The molecule has 1 aliphatic rings. The van der Waals surface area contributed by atoms with Crippen LogP contribution in [-0.4, -0.2) is 35.6 Å². The quantitative estimate of drug-likeness (QED) is 0.649. The van der Waals surface area contributed by atoms with Crippen molar-refractivity contribution in [3.05, 3.63) is 41.8 Å². The third kappa shape index (κ3) is 3.29. The number of piperidine rings is 1. The van der Waals surface area contributed by atoms with Crippen molar-refractivity contribution in [1.29, 1.82) is 0 Å². The van der Waals surface area contributed by atoms with Crippen LogP contribution in [0.5, 0.6) is 0 Å². The van der Waals surface area contributed by atoms with Gasteiger partial charge in [-0.25, -0.2) is 9.97 Å². The molecule has 5 nitrogen and oxygen atoms in total. The van der Waals surface area contributed by atoms with E-state index in [1.54, 1.807) is 11.3 Å². The zero-order chi connectivity index (χ0) is 17.9. The highest BCUT2D eigenvalue weighted by atomic mass is 32.1. The van der Waals surface area contributed by atoms with Gasteiger partial charge in [0.05, 0.1) is 22.9 Å². The molecule has 1 aliphatic heterocycles. The van der Waals surface area contributed by atoms with E-state index in [0.29, 0.717) is 13.2 Å². The summed E-state index contributed by atoms with van der Waals surface area (Å²) >= 11 is 1.63. The van der Waals surface area contributed by atoms with Crippen molar-refractivity contribution in [2.75, 3.05) is 24.6 Å². The summed E-state index contributed by atoms with van der Waals surface area (Å²) in [5.41, 5.74) is 0.930. The highest BCUT2D eigenvalue weighted by Crippen LogP contribution is 2.32. The molecule has 2 aromatic heterocycles. The predicted octanol–water partition coefficient (Wildman–Crippen LogP) is 4.14. The first kappa shape index (κ1) is 17.0. The van der Waals surface area contributed by atoms with E-state index in [2.05, 4.69) is 11.0 Å². The summed E-state index contributed by atoms with van der Waals surface area (Å²) in [6.45, 7) is 3.81. The Morgan fingerprint density at radius 2 is 2.15 bits per heavy atom. The summed E-state index contributed by atoms with van der Waals surface area (Å²) in [5.74, 6) is 1.46. The molecule has 0 saturated carbocycles. The van der Waals surface area contributed by atoms with Gasteiger partial charge in [-0.2, -0.15) is 0 Å². The zero-order valence-corrected chi connectivity index (χ0v) is 15.5. The first-order chi connectivity index (χ1) is 12.8. The Balaban J connectivity index is 1.74. The molecule has 26 heavy (non-hydrogen) atoms. The molecule has 1 aromatic carbocycles. The molecule has 0 spiro atoms. The van der Waals surface area contributed by atoms with Gasteiger partial charge in [0.2, 0.25) is 0 Å². The summed E-state index contributed by atoms with van der Waals surface area (Å²) in [4.78, 5) is 25.1. The van der Waals surface area contributed by atoms with E-state index in [4.69, 9.17) is 14.7 Å². The highest BCUT2D eigenvalue weighted by Gasteiger charge is 2.28. The van der Waals surface area contributed by atoms with Crippen molar-refractivity contribution in [2.45, 2.75) is 19.8 Å². The maximum absolute atomic E-state index is 12.2. The van der Waals surface area contributed by atoms with Gasteiger partial charge < -0.3 is 9.64 Å².